The van der Waals surface area contributed by atoms with Crippen LogP contribution < -0.4 is 10.1 Å². The van der Waals surface area contributed by atoms with Crippen LogP contribution in [0.15, 0.2) is 107 Å². The zero-order valence-corrected chi connectivity index (χ0v) is 24.3. The molecule has 0 saturated heterocycles. The Balaban J connectivity index is 1.58. The normalized spacial score (nSPS) is 17.1. The van der Waals surface area contributed by atoms with Crippen LogP contribution in [0.1, 0.15) is 40.3 Å². The minimum absolute atomic E-state index is 0.0214. The number of hydrogen-bond donors (Lipinski definition) is 2. The fourth-order valence-corrected chi connectivity index (χ4v) is 5.19. The van der Waals surface area contributed by atoms with E-state index in [0.717, 1.165) is 17.7 Å². The number of carbonyl (C=O) groups excluding carboxylic acids is 1. The number of nitrogens with one attached hydrogen (secondary N) is 1. The molecular formula is C34H31F2N5O4. The summed E-state index contributed by atoms with van der Waals surface area (Å²) < 4.78 is 40.3. The summed E-state index contributed by atoms with van der Waals surface area (Å²) >= 11 is 0. The van der Waals surface area contributed by atoms with E-state index in [1.165, 1.54) is 6.07 Å². The number of azide groups is 1. The molecule has 4 aromatic carbocycles. The lowest BCUT2D eigenvalue weighted by Crippen LogP contribution is -2.50. The largest absolute Gasteiger partial charge is 0.494 e. The number of aliphatic hydroxyl groups is 1. The number of amides is 1. The summed E-state index contributed by atoms with van der Waals surface area (Å²) in [4.78, 5) is 22.2. The lowest BCUT2D eigenvalue weighted by molar-refractivity contribution is -0.129. The Hall–Kier alpha value is -5.25. The Labute approximate surface area is 258 Å². The summed E-state index contributed by atoms with van der Waals surface area (Å²) in [5.74, 6) is -1.21. The van der Waals surface area contributed by atoms with Gasteiger partial charge in [0.15, 0.2) is 11.6 Å². The van der Waals surface area contributed by atoms with Crippen LogP contribution in [-0.2, 0) is 29.0 Å². The minimum atomic E-state index is -1.57. The molecule has 230 valence electrons. The predicted octanol–water partition coefficient (Wildman–Crippen LogP) is 6.35. The van der Waals surface area contributed by atoms with Crippen molar-refractivity contribution in [1.29, 1.82) is 0 Å². The molecule has 1 aliphatic rings. The number of carbonyl (C=O) groups is 1. The first-order chi connectivity index (χ1) is 21.9. The number of ether oxygens (including phenoxy) is 2. The fourth-order valence-electron chi connectivity index (χ4n) is 5.19. The van der Waals surface area contributed by atoms with Crippen LogP contribution in [0.5, 0.6) is 5.75 Å². The zero-order valence-electron chi connectivity index (χ0n) is 24.3. The average Bonchev–Trinajstić information content (AvgIpc) is 3.45. The third-order valence-corrected chi connectivity index (χ3v) is 7.47. The van der Waals surface area contributed by atoms with Crippen LogP contribution in [0.3, 0.4) is 0 Å². The molecule has 4 aromatic rings. The van der Waals surface area contributed by atoms with E-state index < -0.39 is 29.2 Å². The standard InChI is InChI=1S/C34H31F2N5O4/c35-28-14-11-27(30(36)19-28)21-38-33(43)34(20-25-9-4-5-10-26(25)22-39-41-37)31(23-7-2-1-3-8-23)45-32(40-34)24-12-15-29(16-13-24)44-18-6-17-42/h1-5,7-16,19,31,42H,6,17-18,20-22H2,(H,38,43)/t31-,34-/m1/s1. The van der Waals surface area contributed by atoms with Crippen molar-refractivity contribution in [2.24, 2.45) is 10.1 Å². The number of aliphatic imine (C=N–C) groups is 1. The van der Waals surface area contributed by atoms with Crippen molar-refractivity contribution in [3.8, 4) is 5.75 Å². The van der Waals surface area contributed by atoms with E-state index >= 15 is 0 Å². The van der Waals surface area contributed by atoms with Gasteiger partial charge in [-0.1, -0.05) is 65.8 Å². The molecule has 0 aromatic heterocycles. The Kier molecular flexibility index (Phi) is 10.0. The Morgan fingerprint density at radius 2 is 1.73 bits per heavy atom. The molecule has 0 fully saturated rings. The maximum atomic E-state index is 14.5. The fraction of sp³-hybridized carbons (Fsp3) is 0.235. The van der Waals surface area contributed by atoms with Gasteiger partial charge in [-0.3, -0.25) is 4.79 Å². The summed E-state index contributed by atoms with van der Waals surface area (Å²) in [5.41, 5.74) is 10.2. The minimum Gasteiger partial charge on any atom is -0.494 e. The lowest BCUT2D eigenvalue weighted by Gasteiger charge is -2.31. The van der Waals surface area contributed by atoms with Crippen LogP contribution in [0.2, 0.25) is 0 Å². The van der Waals surface area contributed by atoms with Gasteiger partial charge in [-0.25, -0.2) is 13.8 Å². The Morgan fingerprint density at radius 1 is 1.00 bits per heavy atom. The first-order valence-corrected chi connectivity index (χ1v) is 14.4. The smallest absolute Gasteiger partial charge is 0.252 e. The average molecular weight is 612 g/mol. The summed E-state index contributed by atoms with van der Waals surface area (Å²) in [6.45, 7) is 0.236. The van der Waals surface area contributed by atoms with Crippen molar-refractivity contribution in [3.05, 3.63) is 147 Å². The highest BCUT2D eigenvalue weighted by atomic mass is 19.1. The van der Waals surface area contributed by atoms with E-state index in [1.807, 2.05) is 54.6 Å². The molecule has 1 aliphatic heterocycles. The van der Waals surface area contributed by atoms with E-state index in [0.29, 0.717) is 35.5 Å². The van der Waals surface area contributed by atoms with Gasteiger partial charge in [0.2, 0.25) is 5.90 Å². The second kappa shape index (κ2) is 14.5. The third-order valence-electron chi connectivity index (χ3n) is 7.47. The molecule has 0 spiro atoms. The first-order valence-electron chi connectivity index (χ1n) is 14.4. The highest BCUT2D eigenvalue weighted by molar-refractivity contribution is 6.01. The highest BCUT2D eigenvalue weighted by Crippen LogP contribution is 2.43. The monoisotopic (exact) mass is 611 g/mol. The molecule has 45 heavy (non-hydrogen) atoms. The number of aliphatic hydroxyl groups excluding tert-OH is 1. The topological polar surface area (TPSA) is 129 Å². The van der Waals surface area contributed by atoms with Gasteiger partial charge in [-0.05, 0) is 52.6 Å². The van der Waals surface area contributed by atoms with Crippen LogP contribution in [0, 0.1) is 11.6 Å². The van der Waals surface area contributed by atoms with Crippen molar-refractivity contribution in [3.63, 3.8) is 0 Å². The van der Waals surface area contributed by atoms with Crippen molar-refractivity contribution in [2.75, 3.05) is 13.2 Å². The summed E-state index contributed by atoms with van der Waals surface area (Å²) in [6.07, 6.45) is -0.329. The molecule has 2 N–H and O–H groups in total. The third kappa shape index (κ3) is 7.29. The van der Waals surface area contributed by atoms with Gasteiger partial charge < -0.3 is 19.9 Å². The van der Waals surface area contributed by atoms with E-state index in [4.69, 9.17) is 25.1 Å². The number of rotatable bonds is 13. The van der Waals surface area contributed by atoms with Gasteiger partial charge in [-0.15, -0.1) is 0 Å². The van der Waals surface area contributed by atoms with E-state index in [1.54, 1.807) is 24.3 Å². The van der Waals surface area contributed by atoms with Crippen molar-refractivity contribution in [2.45, 2.75) is 37.6 Å². The molecule has 0 saturated carbocycles. The van der Waals surface area contributed by atoms with E-state index in [2.05, 4.69) is 15.3 Å². The molecule has 11 heteroatoms. The SMILES string of the molecule is [N-]=[N+]=NCc1ccccc1C[C@@]1(C(=O)NCc2ccc(F)cc2F)N=C(c2ccc(OCCCO)cc2)O[C@@H]1c1ccccc1. The van der Waals surface area contributed by atoms with Crippen molar-refractivity contribution < 1.29 is 28.2 Å². The molecule has 0 radical (unpaired) electrons. The zero-order chi connectivity index (χ0) is 31.6. The maximum absolute atomic E-state index is 14.5. The molecule has 0 aliphatic carbocycles. The van der Waals surface area contributed by atoms with Crippen LogP contribution in [0.4, 0.5) is 8.78 Å². The molecule has 0 bridgehead atoms. The van der Waals surface area contributed by atoms with Crippen molar-refractivity contribution >= 4 is 11.8 Å². The molecule has 0 unspecified atom stereocenters. The van der Waals surface area contributed by atoms with Crippen LogP contribution in [-0.4, -0.2) is 35.7 Å². The number of benzene rings is 4. The van der Waals surface area contributed by atoms with Gasteiger partial charge in [-0.2, -0.15) is 0 Å². The molecular weight excluding hydrogens is 580 g/mol. The molecule has 9 nitrogen and oxygen atoms in total. The van der Waals surface area contributed by atoms with Gasteiger partial charge in [0.05, 0.1) is 13.2 Å². The van der Waals surface area contributed by atoms with Crippen LogP contribution in [0.25, 0.3) is 10.4 Å². The maximum Gasteiger partial charge on any atom is 0.252 e. The highest BCUT2D eigenvalue weighted by Gasteiger charge is 2.53. The first kappa shape index (κ1) is 31.2. The van der Waals surface area contributed by atoms with E-state index in [9.17, 15) is 13.6 Å². The van der Waals surface area contributed by atoms with Gasteiger partial charge >= 0.3 is 0 Å². The Morgan fingerprint density at radius 3 is 2.44 bits per heavy atom. The van der Waals surface area contributed by atoms with Gasteiger partial charge in [0, 0.05) is 48.1 Å². The second-order valence-electron chi connectivity index (χ2n) is 10.5. The lowest BCUT2D eigenvalue weighted by atomic mass is 9.81. The quantitative estimate of drug-likeness (QED) is 0.0790. The number of halogens is 2. The molecule has 2 atom stereocenters. The summed E-state index contributed by atoms with van der Waals surface area (Å²) in [5, 5.41) is 15.6. The molecule has 1 heterocycles. The second-order valence-corrected chi connectivity index (χ2v) is 10.5. The van der Waals surface area contributed by atoms with Gasteiger partial charge in [0.1, 0.15) is 17.4 Å². The predicted molar refractivity (Wildman–Crippen MR) is 164 cm³/mol. The van der Waals surface area contributed by atoms with E-state index in [-0.39, 0.29) is 37.6 Å². The summed E-state index contributed by atoms with van der Waals surface area (Å²) in [6, 6.07) is 26.7. The number of hydrogen-bond acceptors (Lipinski definition) is 6. The van der Waals surface area contributed by atoms with Gasteiger partial charge in [0.25, 0.3) is 5.91 Å². The molecule has 1 amide bonds. The summed E-state index contributed by atoms with van der Waals surface area (Å²) in [7, 11) is 0. The molecule has 5 rings (SSSR count). The Bertz CT molecular complexity index is 1710. The van der Waals surface area contributed by atoms with Crippen molar-refractivity contribution in [1.82, 2.24) is 5.32 Å². The number of nitrogens with zero attached hydrogens (tertiary/aromatic N) is 4. The van der Waals surface area contributed by atoms with Crippen LogP contribution >= 0.6 is 0 Å².